The molecule has 0 aliphatic heterocycles. The monoisotopic (exact) mass is 408 g/mol. The third kappa shape index (κ3) is 4.13. The van der Waals surface area contributed by atoms with E-state index in [4.69, 9.17) is 16.1 Å². The van der Waals surface area contributed by atoms with Crippen LogP contribution in [-0.2, 0) is 16.6 Å². The number of hydrogen-bond acceptors (Lipinski definition) is 7. The molecular weight excluding hydrogens is 396 g/mol. The van der Waals surface area contributed by atoms with Gasteiger partial charge in [-0.25, -0.2) is 8.42 Å². The Morgan fingerprint density at radius 3 is 2.37 bits per heavy atom. The molecule has 11 heteroatoms. The molecule has 0 fully saturated rings. The van der Waals surface area contributed by atoms with Crippen LogP contribution in [0.4, 0.5) is 5.69 Å². The van der Waals surface area contributed by atoms with Crippen LogP contribution < -0.4 is 0 Å². The number of benzene rings is 2. The average Bonchev–Trinajstić information content (AvgIpc) is 3.10. The van der Waals surface area contributed by atoms with E-state index in [1.54, 1.807) is 24.3 Å². The Kier molecular flexibility index (Phi) is 5.22. The zero-order valence-electron chi connectivity index (χ0n) is 13.9. The topological polar surface area (TPSA) is 119 Å². The number of hydrogen-bond donors (Lipinski definition) is 0. The van der Waals surface area contributed by atoms with Crippen molar-refractivity contribution in [1.29, 1.82) is 0 Å². The first kappa shape index (κ1) is 19.0. The van der Waals surface area contributed by atoms with Gasteiger partial charge in [0, 0.05) is 29.8 Å². The Bertz CT molecular complexity index is 1060. The number of non-ortho nitro benzene ring substituents is 1. The Balaban J connectivity index is 1.77. The second-order valence-electron chi connectivity index (χ2n) is 5.53. The van der Waals surface area contributed by atoms with Gasteiger partial charge >= 0.3 is 0 Å². The van der Waals surface area contributed by atoms with Crippen molar-refractivity contribution in [2.24, 2.45) is 0 Å². The molecular formula is C16H13ClN4O5S. The summed E-state index contributed by atoms with van der Waals surface area (Å²) in [7, 11) is -2.53. The molecule has 0 aliphatic rings. The highest BCUT2D eigenvalue weighted by molar-refractivity contribution is 7.89. The normalized spacial score (nSPS) is 11.7. The van der Waals surface area contributed by atoms with Gasteiger partial charge in [-0.3, -0.25) is 10.1 Å². The lowest BCUT2D eigenvalue weighted by Crippen LogP contribution is -2.26. The molecule has 2 aromatic carbocycles. The van der Waals surface area contributed by atoms with Gasteiger partial charge in [-0.2, -0.15) is 9.29 Å². The number of nitrogens with zero attached hydrogens (tertiary/aromatic N) is 4. The van der Waals surface area contributed by atoms with Gasteiger partial charge in [0.15, 0.2) is 0 Å². The molecule has 3 aromatic rings. The molecule has 0 saturated heterocycles. The van der Waals surface area contributed by atoms with Crippen molar-refractivity contribution in [1.82, 2.24) is 14.4 Å². The minimum Gasteiger partial charge on any atom is -0.338 e. The molecule has 0 N–H and O–H groups in total. The van der Waals surface area contributed by atoms with Crippen LogP contribution in [0.1, 0.15) is 5.89 Å². The van der Waals surface area contributed by atoms with Crippen molar-refractivity contribution < 1.29 is 17.9 Å². The summed E-state index contributed by atoms with van der Waals surface area (Å²) in [6.07, 6.45) is 0. The summed E-state index contributed by atoms with van der Waals surface area (Å²) in [5, 5.41) is 15.1. The second-order valence-corrected chi connectivity index (χ2v) is 8.01. The first-order valence-corrected chi connectivity index (χ1v) is 9.38. The SMILES string of the molecule is CN(Cc1nc(-c2ccc(Cl)cc2)no1)S(=O)(=O)c1ccc([N+](=O)[O-])cc1. The van der Waals surface area contributed by atoms with Crippen LogP contribution in [0.25, 0.3) is 11.4 Å². The smallest absolute Gasteiger partial charge is 0.269 e. The third-order valence-electron chi connectivity index (χ3n) is 3.68. The lowest BCUT2D eigenvalue weighted by atomic mass is 10.2. The van der Waals surface area contributed by atoms with Gasteiger partial charge in [-0.05, 0) is 36.4 Å². The summed E-state index contributed by atoms with van der Waals surface area (Å²) >= 11 is 5.83. The molecule has 0 spiro atoms. The summed E-state index contributed by atoms with van der Waals surface area (Å²) < 4.78 is 31.3. The van der Waals surface area contributed by atoms with Gasteiger partial charge in [0.1, 0.15) is 0 Å². The van der Waals surface area contributed by atoms with Crippen molar-refractivity contribution in [2.75, 3.05) is 7.05 Å². The van der Waals surface area contributed by atoms with Crippen LogP contribution in [-0.4, -0.2) is 34.8 Å². The predicted octanol–water partition coefficient (Wildman–Crippen LogP) is 3.12. The van der Waals surface area contributed by atoms with E-state index in [9.17, 15) is 18.5 Å². The van der Waals surface area contributed by atoms with Crippen molar-refractivity contribution in [3.05, 3.63) is 69.6 Å². The molecule has 9 nitrogen and oxygen atoms in total. The zero-order chi connectivity index (χ0) is 19.6. The zero-order valence-corrected chi connectivity index (χ0v) is 15.5. The predicted molar refractivity (Wildman–Crippen MR) is 96.5 cm³/mol. The lowest BCUT2D eigenvalue weighted by molar-refractivity contribution is -0.384. The van der Waals surface area contributed by atoms with Gasteiger partial charge < -0.3 is 4.52 Å². The maximum Gasteiger partial charge on any atom is 0.269 e. The van der Waals surface area contributed by atoms with E-state index in [1.807, 2.05) is 0 Å². The number of aromatic nitrogens is 2. The number of halogens is 1. The maximum absolute atomic E-state index is 12.6. The van der Waals surface area contributed by atoms with E-state index in [-0.39, 0.29) is 23.0 Å². The van der Waals surface area contributed by atoms with E-state index in [0.29, 0.717) is 16.4 Å². The van der Waals surface area contributed by atoms with Crippen LogP contribution in [0.3, 0.4) is 0 Å². The molecule has 1 heterocycles. The molecule has 0 amide bonds. The fraction of sp³-hybridized carbons (Fsp3) is 0.125. The van der Waals surface area contributed by atoms with Crippen LogP contribution >= 0.6 is 11.6 Å². The molecule has 1 aromatic heterocycles. The number of nitro groups is 1. The van der Waals surface area contributed by atoms with Crippen molar-refractivity contribution in [2.45, 2.75) is 11.4 Å². The van der Waals surface area contributed by atoms with Crippen LogP contribution in [0.5, 0.6) is 0 Å². The van der Waals surface area contributed by atoms with Gasteiger partial charge in [-0.1, -0.05) is 16.8 Å². The molecule has 3 rings (SSSR count). The minimum atomic E-state index is -3.88. The van der Waals surface area contributed by atoms with Gasteiger partial charge in [0.2, 0.25) is 21.7 Å². The number of nitro benzene ring substituents is 1. The Hall–Kier alpha value is -2.82. The van der Waals surface area contributed by atoms with E-state index in [0.717, 1.165) is 16.4 Å². The number of sulfonamides is 1. The summed E-state index contributed by atoms with van der Waals surface area (Å²) in [5.41, 5.74) is 0.483. The minimum absolute atomic E-state index is 0.0759. The highest BCUT2D eigenvalue weighted by Crippen LogP contribution is 2.22. The molecule has 0 atom stereocenters. The first-order valence-electron chi connectivity index (χ1n) is 7.57. The van der Waals surface area contributed by atoms with Gasteiger partial charge in [-0.15, -0.1) is 0 Å². The highest BCUT2D eigenvalue weighted by Gasteiger charge is 2.24. The molecule has 0 unspecified atom stereocenters. The van der Waals surface area contributed by atoms with Gasteiger partial charge in [0.05, 0.1) is 16.4 Å². The Labute approximate surface area is 159 Å². The van der Waals surface area contributed by atoms with Gasteiger partial charge in [0.25, 0.3) is 5.69 Å². The molecule has 140 valence electrons. The average molecular weight is 409 g/mol. The summed E-state index contributed by atoms with van der Waals surface area (Å²) in [4.78, 5) is 14.2. The Morgan fingerprint density at radius 1 is 1.15 bits per heavy atom. The first-order chi connectivity index (χ1) is 12.8. The number of rotatable bonds is 6. The lowest BCUT2D eigenvalue weighted by Gasteiger charge is -2.14. The van der Waals surface area contributed by atoms with Crippen molar-refractivity contribution in [3.8, 4) is 11.4 Å². The molecule has 0 aliphatic carbocycles. The summed E-state index contributed by atoms with van der Waals surface area (Å²) in [5.74, 6) is 0.413. The van der Waals surface area contributed by atoms with E-state index in [1.165, 1.54) is 19.2 Å². The molecule has 0 radical (unpaired) electrons. The largest absolute Gasteiger partial charge is 0.338 e. The van der Waals surface area contributed by atoms with Crippen LogP contribution in [0, 0.1) is 10.1 Å². The van der Waals surface area contributed by atoms with E-state index in [2.05, 4.69) is 10.1 Å². The fourth-order valence-electron chi connectivity index (χ4n) is 2.23. The quantitative estimate of drug-likeness (QED) is 0.454. The van der Waals surface area contributed by atoms with Crippen molar-refractivity contribution >= 4 is 27.3 Å². The highest BCUT2D eigenvalue weighted by atomic mass is 35.5. The summed E-state index contributed by atoms with van der Waals surface area (Å²) in [6.45, 7) is -0.153. The fourth-order valence-corrected chi connectivity index (χ4v) is 3.48. The Morgan fingerprint density at radius 2 is 1.78 bits per heavy atom. The standard InChI is InChI=1S/C16H13ClN4O5S/c1-20(27(24,25)14-8-6-13(7-9-14)21(22)23)10-15-18-16(19-26-15)11-2-4-12(17)5-3-11/h2-9H,10H2,1H3. The van der Waals surface area contributed by atoms with Crippen LogP contribution in [0.15, 0.2) is 57.9 Å². The third-order valence-corrected chi connectivity index (χ3v) is 5.75. The van der Waals surface area contributed by atoms with Crippen LogP contribution in [0.2, 0.25) is 5.02 Å². The molecule has 0 bridgehead atoms. The van der Waals surface area contributed by atoms with E-state index >= 15 is 0 Å². The second kappa shape index (κ2) is 7.43. The molecule has 27 heavy (non-hydrogen) atoms. The molecule has 0 saturated carbocycles. The van der Waals surface area contributed by atoms with Crippen molar-refractivity contribution in [3.63, 3.8) is 0 Å². The summed E-state index contributed by atoms with van der Waals surface area (Å²) in [6, 6.07) is 11.4. The van der Waals surface area contributed by atoms with E-state index < -0.39 is 14.9 Å². The maximum atomic E-state index is 12.6.